The van der Waals surface area contributed by atoms with Gasteiger partial charge in [0.2, 0.25) is 5.91 Å². The molecule has 0 aromatic rings. The Morgan fingerprint density at radius 1 is 1.47 bits per heavy atom. The van der Waals surface area contributed by atoms with Crippen LogP contribution in [0.25, 0.3) is 0 Å². The predicted molar refractivity (Wildman–Crippen MR) is 57.8 cm³/mol. The monoisotopic (exact) mass is 212 g/mol. The number of carbonyl (C=O) groups excluding carboxylic acids is 1. The first kappa shape index (κ1) is 13.9. The van der Waals surface area contributed by atoms with Crippen molar-refractivity contribution in [3.8, 4) is 6.07 Å². The van der Waals surface area contributed by atoms with Gasteiger partial charge in [-0.3, -0.25) is 4.79 Å². The van der Waals surface area contributed by atoms with Gasteiger partial charge in [-0.25, -0.2) is 0 Å². The lowest BCUT2D eigenvalue weighted by Crippen LogP contribution is -2.35. The van der Waals surface area contributed by atoms with E-state index in [2.05, 4.69) is 5.32 Å². The molecule has 0 heterocycles. The minimum atomic E-state index is -0.577. The van der Waals surface area contributed by atoms with E-state index in [1.807, 2.05) is 26.8 Å². The molecule has 0 aromatic heterocycles. The quantitative estimate of drug-likeness (QED) is 0.687. The zero-order valence-corrected chi connectivity index (χ0v) is 9.66. The van der Waals surface area contributed by atoms with Gasteiger partial charge in [0.1, 0.15) is 5.92 Å². The van der Waals surface area contributed by atoms with Crippen LogP contribution in [0.15, 0.2) is 0 Å². The van der Waals surface area contributed by atoms with Crippen LogP contribution in [0.4, 0.5) is 0 Å². The molecule has 0 saturated heterocycles. The van der Waals surface area contributed by atoms with Crippen molar-refractivity contribution in [1.82, 2.24) is 5.32 Å². The van der Waals surface area contributed by atoms with Crippen LogP contribution < -0.4 is 5.32 Å². The summed E-state index contributed by atoms with van der Waals surface area (Å²) < 4.78 is 0. The Bertz CT molecular complexity index is 233. The van der Waals surface area contributed by atoms with Gasteiger partial charge in [-0.15, -0.1) is 0 Å². The number of rotatable bonds is 6. The van der Waals surface area contributed by atoms with Gasteiger partial charge in [-0.2, -0.15) is 5.26 Å². The first-order valence-electron chi connectivity index (χ1n) is 5.31. The number of carbonyl (C=O) groups is 1. The Morgan fingerprint density at radius 3 is 2.47 bits per heavy atom. The number of aliphatic hydroxyl groups excluding tert-OH is 1. The molecule has 4 nitrogen and oxygen atoms in total. The standard InChI is InChI=1S/C11H20N2O2/c1-8(2)10(6-12)11(15)13-7-9(3)4-5-14/h8-10,14H,4-5,7H2,1-3H3,(H,13,15). The van der Waals surface area contributed by atoms with E-state index >= 15 is 0 Å². The van der Waals surface area contributed by atoms with Gasteiger partial charge >= 0.3 is 0 Å². The number of hydrogen-bond acceptors (Lipinski definition) is 3. The Balaban J connectivity index is 3.98. The first-order valence-corrected chi connectivity index (χ1v) is 5.31. The third-order valence-corrected chi connectivity index (χ3v) is 2.33. The maximum absolute atomic E-state index is 11.5. The van der Waals surface area contributed by atoms with E-state index in [0.29, 0.717) is 13.0 Å². The lowest BCUT2D eigenvalue weighted by molar-refractivity contribution is -0.124. The normalized spacial score (nSPS) is 14.4. The molecular weight excluding hydrogens is 192 g/mol. The summed E-state index contributed by atoms with van der Waals surface area (Å²) in [6, 6.07) is 2.00. The fraction of sp³-hybridized carbons (Fsp3) is 0.818. The molecule has 0 spiro atoms. The molecular formula is C11H20N2O2. The van der Waals surface area contributed by atoms with Gasteiger partial charge in [0.15, 0.2) is 0 Å². The van der Waals surface area contributed by atoms with E-state index < -0.39 is 5.92 Å². The Kier molecular flexibility index (Phi) is 6.72. The maximum Gasteiger partial charge on any atom is 0.237 e. The van der Waals surface area contributed by atoms with Crippen molar-refractivity contribution >= 4 is 5.91 Å². The zero-order chi connectivity index (χ0) is 11.8. The highest BCUT2D eigenvalue weighted by molar-refractivity contribution is 5.81. The van der Waals surface area contributed by atoms with Gasteiger partial charge in [0.25, 0.3) is 0 Å². The van der Waals surface area contributed by atoms with Crippen LogP contribution in [-0.4, -0.2) is 24.2 Å². The predicted octanol–water partition coefficient (Wildman–Crippen LogP) is 0.917. The third-order valence-electron chi connectivity index (χ3n) is 2.33. The van der Waals surface area contributed by atoms with E-state index in [4.69, 9.17) is 10.4 Å². The molecule has 1 amide bonds. The molecule has 0 aliphatic rings. The molecule has 2 atom stereocenters. The number of amides is 1. The van der Waals surface area contributed by atoms with E-state index in [1.165, 1.54) is 0 Å². The minimum absolute atomic E-state index is 0.0307. The summed E-state index contributed by atoms with van der Waals surface area (Å²) >= 11 is 0. The second-order valence-electron chi connectivity index (χ2n) is 4.21. The number of hydrogen-bond donors (Lipinski definition) is 2. The van der Waals surface area contributed by atoms with Crippen LogP contribution in [0.1, 0.15) is 27.2 Å². The Labute approximate surface area is 91.3 Å². The van der Waals surface area contributed by atoms with E-state index in [0.717, 1.165) is 0 Å². The molecule has 15 heavy (non-hydrogen) atoms. The molecule has 0 aliphatic heterocycles. The van der Waals surface area contributed by atoms with Crippen molar-refractivity contribution in [3.05, 3.63) is 0 Å². The summed E-state index contributed by atoms with van der Waals surface area (Å²) in [5, 5.41) is 20.2. The molecule has 2 N–H and O–H groups in total. The number of aliphatic hydroxyl groups is 1. The van der Waals surface area contributed by atoms with Crippen LogP contribution in [0.3, 0.4) is 0 Å². The lowest BCUT2D eigenvalue weighted by atomic mass is 9.96. The van der Waals surface area contributed by atoms with Gasteiger partial charge < -0.3 is 10.4 Å². The largest absolute Gasteiger partial charge is 0.396 e. The number of nitrogens with one attached hydrogen (secondary N) is 1. The molecule has 0 aromatic carbocycles. The molecule has 86 valence electrons. The van der Waals surface area contributed by atoms with E-state index in [1.54, 1.807) is 0 Å². The van der Waals surface area contributed by atoms with E-state index in [9.17, 15) is 4.79 Å². The average Bonchev–Trinajstić information content (AvgIpc) is 2.15. The fourth-order valence-electron chi connectivity index (χ4n) is 1.22. The van der Waals surface area contributed by atoms with Crippen molar-refractivity contribution in [2.24, 2.45) is 17.8 Å². The summed E-state index contributed by atoms with van der Waals surface area (Å²) in [6.07, 6.45) is 0.666. The highest BCUT2D eigenvalue weighted by Gasteiger charge is 2.21. The summed E-state index contributed by atoms with van der Waals surface area (Å²) in [5.74, 6) is -0.516. The van der Waals surface area contributed by atoms with Crippen LogP contribution in [-0.2, 0) is 4.79 Å². The van der Waals surface area contributed by atoms with Gasteiger partial charge in [0.05, 0.1) is 6.07 Å². The summed E-state index contributed by atoms with van der Waals surface area (Å²) in [4.78, 5) is 11.5. The van der Waals surface area contributed by atoms with Crippen molar-refractivity contribution in [1.29, 1.82) is 5.26 Å². The molecule has 0 bridgehead atoms. The second-order valence-corrected chi connectivity index (χ2v) is 4.21. The molecule has 0 saturated carbocycles. The summed E-state index contributed by atoms with van der Waals surface area (Å²) in [5.41, 5.74) is 0. The van der Waals surface area contributed by atoms with Crippen molar-refractivity contribution in [2.75, 3.05) is 13.2 Å². The maximum atomic E-state index is 11.5. The molecule has 2 unspecified atom stereocenters. The number of nitriles is 1. The van der Waals surface area contributed by atoms with E-state index in [-0.39, 0.29) is 24.3 Å². The third kappa shape index (κ3) is 5.38. The molecule has 0 fully saturated rings. The Hall–Kier alpha value is -1.08. The smallest absolute Gasteiger partial charge is 0.237 e. The zero-order valence-electron chi connectivity index (χ0n) is 9.66. The van der Waals surface area contributed by atoms with Crippen LogP contribution >= 0.6 is 0 Å². The topological polar surface area (TPSA) is 73.1 Å². The second kappa shape index (κ2) is 7.24. The number of nitrogens with zero attached hydrogens (tertiary/aromatic N) is 1. The first-order chi connectivity index (χ1) is 7.02. The lowest BCUT2D eigenvalue weighted by Gasteiger charge is -2.15. The van der Waals surface area contributed by atoms with Gasteiger partial charge in [0, 0.05) is 13.2 Å². The van der Waals surface area contributed by atoms with Crippen molar-refractivity contribution in [2.45, 2.75) is 27.2 Å². The van der Waals surface area contributed by atoms with Crippen molar-refractivity contribution in [3.63, 3.8) is 0 Å². The fourth-order valence-corrected chi connectivity index (χ4v) is 1.22. The van der Waals surface area contributed by atoms with Gasteiger partial charge in [-0.1, -0.05) is 20.8 Å². The highest BCUT2D eigenvalue weighted by Crippen LogP contribution is 2.09. The molecule has 4 heteroatoms. The van der Waals surface area contributed by atoms with Crippen molar-refractivity contribution < 1.29 is 9.90 Å². The molecule has 0 radical (unpaired) electrons. The highest BCUT2D eigenvalue weighted by atomic mass is 16.3. The minimum Gasteiger partial charge on any atom is -0.396 e. The summed E-state index contributed by atoms with van der Waals surface area (Å²) in [6.45, 7) is 6.30. The average molecular weight is 212 g/mol. The summed E-state index contributed by atoms with van der Waals surface area (Å²) in [7, 11) is 0. The van der Waals surface area contributed by atoms with Crippen LogP contribution in [0.5, 0.6) is 0 Å². The Morgan fingerprint density at radius 2 is 2.07 bits per heavy atom. The molecule has 0 rings (SSSR count). The van der Waals surface area contributed by atoms with Crippen LogP contribution in [0.2, 0.25) is 0 Å². The SMILES string of the molecule is CC(CCO)CNC(=O)C(C#N)C(C)C. The van der Waals surface area contributed by atoms with Crippen LogP contribution in [0, 0.1) is 29.1 Å². The molecule has 0 aliphatic carbocycles. The van der Waals surface area contributed by atoms with Gasteiger partial charge in [-0.05, 0) is 18.3 Å².